The Labute approximate surface area is 113 Å². The van der Waals surface area contributed by atoms with Crippen molar-refractivity contribution in [2.75, 3.05) is 0 Å². The van der Waals surface area contributed by atoms with Crippen molar-refractivity contribution in [2.45, 2.75) is 0 Å². The summed E-state index contributed by atoms with van der Waals surface area (Å²) in [6, 6.07) is 12.1. The predicted molar refractivity (Wildman–Crippen MR) is 77.0 cm³/mol. The van der Waals surface area contributed by atoms with Gasteiger partial charge in [0.2, 0.25) is 0 Å². The van der Waals surface area contributed by atoms with E-state index in [0.29, 0.717) is 9.75 Å². The van der Waals surface area contributed by atoms with E-state index in [0.717, 1.165) is 45.6 Å². The highest BCUT2D eigenvalue weighted by Gasteiger charge is 2.28. The molecule has 0 N–H and O–H groups in total. The molecule has 3 heteroatoms. The zero-order valence-corrected chi connectivity index (χ0v) is 10.7. The Morgan fingerprint density at radius 1 is 0.789 bits per heavy atom. The summed E-state index contributed by atoms with van der Waals surface area (Å²) in [6.07, 6.45) is 1.70. The van der Waals surface area contributed by atoms with E-state index in [1.165, 1.54) is 11.3 Å². The molecule has 0 aliphatic heterocycles. The molecule has 90 valence electrons. The lowest BCUT2D eigenvalue weighted by Gasteiger charge is -2.02. The molecule has 0 saturated heterocycles. The number of thiophene rings is 1. The van der Waals surface area contributed by atoms with Crippen LogP contribution in [-0.2, 0) is 0 Å². The number of carbonyl (C=O) groups excluding carboxylic acids is 2. The summed E-state index contributed by atoms with van der Waals surface area (Å²) in [5.74, 6) is 0. The first-order valence-electron chi connectivity index (χ1n) is 5.95. The lowest BCUT2D eigenvalue weighted by molar-refractivity contribution is 0.112. The fraction of sp³-hybridized carbons (Fsp3) is 0. The standard InChI is InChI=1S/C16H8O2S/c17-7-12-15-10-5-1-3-9-4-2-6-11(14(9)10)16(15)13(8-18)19-12/h1-8H. The summed E-state index contributed by atoms with van der Waals surface area (Å²) in [7, 11) is 0. The van der Waals surface area contributed by atoms with E-state index < -0.39 is 0 Å². The lowest BCUT2D eigenvalue weighted by Crippen LogP contribution is -1.78. The molecule has 1 heterocycles. The van der Waals surface area contributed by atoms with Crippen LogP contribution in [0.15, 0.2) is 36.4 Å². The minimum absolute atomic E-state index is 0.640. The number of fused-ring (bicyclic) bond motifs is 3. The van der Waals surface area contributed by atoms with Gasteiger partial charge in [0.25, 0.3) is 0 Å². The molecule has 0 radical (unpaired) electrons. The van der Waals surface area contributed by atoms with Gasteiger partial charge in [0.1, 0.15) is 0 Å². The molecule has 0 amide bonds. The summed E-state index contributed by atoms with van der Waals surface area (Å²) in [4.78, 5) is 23.8. The van der Waals surface area contributed by atoms with Gasteiger partial charge in [0, 0.05) is 11.1 Å². The minimum atomic E-state index is 0.640. The Morgan fingerprint density at radius 3 is 1.79 bits per heavy atom. The second-order valence-corrected chi connectivity index (χ2v) is 5.61. The Bertz CT molecular complexity index is 793. The summed E-state index contributed by atoms with van der Waals surface area (Å²) < 4.78 is 0. The van der Waals surface area contributed by atoms with Gasteiger partial charge in [0.15, 0.2) is 12.6 Å². The van der Waals surface area contributed by atoms with Gasteiger partial charge in [-0.2, -0.15) is 0 Å². The minimum Gasteiger partial charge on any atom is -0.297 e. The van der Waals surface area contributed by atoms with Gasteiger partial charge in [0.05, 0.1) is 9.75 Å². The maximum atomic E-state index is 11.3. The third-order valence-corrected chi connectivity index (χ3v) is 4.66. The first kappa shape index (κ1) is 10.6. The first-order chi connectivity index (χ1) is 9.35. The molecule has 4 rings (SSSR count). The highest BCUT2D eigenvalue weighted by atomic mass is 32.1. The molecule has 0 spiro atoms. The third kappa shape index (κ3) is 1.20. The van der Waals surface area contributed by atoms with Crippen molar-refractivity contribution in [3.05, 3.63) is 46.2 Å². The van der Waals surface area contributed by atoms with Gasteiger partial charge >= 0.3 is 0 Å². The fourth-order valence-electron chi connectivity index (χ4n) is 2.93. The SMILES string of the molecule is O=Cc1sc(C=O)c2c1-c1cccc3cccc-2c13. The molecule has 0 unspecified atom stereocenters. The second kappa shape index (κ2) is 3.62. The number of hydrogen-bond acceptors (Lipinski definition) is 3. The molecule has 0 fully saturated rings. The maximum Gasteiger partial charge on any atom is 0.160 e. The van der Waals surface area contributed by atoms with Crippen LogP contribution in [0.25, 0.3) is 33.0 Å². The van der Waals surface area contributed by atoms with Crippen LogP contribution in [0.2, 0.25) is 0 Å². The summed E-state index contributed by atoms with van der Waals surface area (Å²) >= 11 is 1.27. The molecule has 1 aliphatic rings. The molecule has 1 aromatic heterocycles. The Kier molecular flexibility index (Phi) is 2.03. The first-order valence-corrected chi connectivity index (χ1v) is 6.76. The molecule has 1 aliphatic carbocycles. The molecule has 0 bridgehead atoms. The lowest BCUT2D eigenvalue weighted by atomic mass is 10.0. The monoisotopic (exact) mass is 264 g/mol. The number of carbonyl (C=O) groups is 2. The van der Waals surface area contributed by atoms with E-state index in [9.17, 15) is 9.59 Å². The topological polar surface area (TPSA) is 34.1 Å². The zero-order valence-electron chi connectivity index (χ0n) is 9.84. The molecule has 2 aromatic carbocycles. The molecule has 0 atom stereocenters. The van der Waals surface area contributed by atoms with Crippen molar-refractivity contribution in [3.8, 4) is 22.3 Å². The predicted octanol–water partition coefficient (Wildman–Crippen LogP) is 4.17. The zero-order chi connectivity index (χ0) is 13.0. The van der Waals surface area contributed by atoms with E-state index in [1.54, 1.807) is 0 Å². The molecule has 0 saturated carbocycles. The van der Waals surface area contributed by atoms with Gasteiger partial charge in [-0.1, -0.05) is 36.4 Å². The normalized spacial score (nSPS) is 11.6. The van der Waals surface area contributed by atoms with E-state index in [1.807, 2.05) is 24.3 Å². The highest BCUT2D eigenvalue weighted by molar-refractivity contribution is 7.16. The fourth-order valence-corrected chi connectivity index (χ4v) is 3.89. The Balaban J connectivity index is 2.27. The van der Waals surface area contributed by atoms with Crippen LogP contribution in [0.1, 0.15) is 19.3 Å². The van der Waals surface area contributed by atoms with Crippen molar-refractivity contribution in [1.82, 2.24) is 0 Å². The number of rotatable bonds is 2. The third-order valence-electron chi connectivity index (χ3n) is 3.62. The van der Waals surface area contributed by atoms with Crippen molar-refractivity contribution in [1.29, 1.82) is 0 Å². The van der Waals surface area contributed by atoms with Crippen LogP contribution in [0.4, 0.5) is 0 Å². The van der Waals surface area contributed by atoms with Gasteiger partial charge in [-0.15, -0.1) is 11.3 Å². The maximum absolute atomic E-state index is 11.3. The van der Waals surface area contributed by atoms with Crippen LogP contribution in [0, 0.1) is 0 Å². The number of benzene rings is 2. The Morgan fingerprint density at radius 2 is 1.32 bits per heavy atom. The molecule has 3 aromatic rings. The van der Waals surface area contributed by atoms with Crippen LogP contribution < -0.4 is 0 Å². The Hall–Kier alpha value is -2.26. The van der Waals surface area contributed by atoms with Gasteiger partial charge < -0.3 is 0 Å². The molecule has 2 nitrogen and oxygen atoms in total. The highest BCUT2D eigenvalue weighted by Crippen LogP contribution is 2.52. The van der Waals surface area contributed by atoms with Crippen molar-refractivity contribution >= 4 is 34.7 Å². The number of hydrogen-bond donors (Lipinski definition) is 0. The van der Waals surface area contributed by atoms with E-state index in [-0.39, 0.29) is 0 Å². The van der Waals surface area contributed by atoms with E-state index >= 15 is 0 Å². The van der Waals surface area contributed by atoms with Gasteiger partial charge in [-0.25, -0.2) is 0 Å². The molecule has 19 heavy (non-hydrogen) atoms. The van der Waals surface area contributed by atoms with Gasteiger partial charge in [-0.05, 0) is 21.9 Å². The van der Waals surface area contributed by atoms with Crippen LogP contribution in [-0.4, -0.2) is 12.6 Å². The summed E-state index contributed by atoms with van der Waals surface area (Å²) in [6.45, 7) is 0. The molecular weight excluding hydrogens is 256 g/mol. The van der Waals surface area contributed by atoms with Crippen LogP contribution in [0.3, 0.4) is 0 Å². The largest absolute Gasteiger partial charge is 0.297 e. The second-order valence-electron chi connectivity index (χ2n) is 4.53. The number of aldehydes is 2. The van der Waals surface area contributed by atoms with Crippen molar-refractivity contribution in [3.63, 3.8) is 0 Å². The van der Waals surface area contributed by atoms with E-state index in [2.05, 4.69) is 12.1 Å². The molecular formula is C16H8O2S. The smallest absolute Gasteiger partial charge is 0.160 e. The quantitative estimate of drug-likeness (QED) is 0.509. The summed E-state index contributed by atoms with van der Waals surface area (Å²) in [5.41, 5.74) is 3.98. The average Bonchev–Trinajstić information content (AvgIpc) is 2.98. The van der Waals surface area contributed by atoms with Crippen molar-refractivity contribution < 1.29 is 9.59 Å². The van der Waals surface area contributed by atoms with E-state index in [4.69, 9.17) is 0 Å². The van der Waals surface area contributed by atoms with Gasteiger partial charge in [-0.3, -0.25) is 9.59 Å². The van der Waals surface area contributed by atoms with Crippen LogP contribution in [0.5, 0.6) is 0 Å². The average molecular weight is 264 g/mol. The van der Waals surface area contributed by atoms with Crippen LogP contribution >= 0.6 is 11.3 Å². The van der Waals surface area contributed by atoms with Crippen molar-refractivity contribution in [2.24, 2.45) is 0 Å². The summed E-state index contributed by atoms with van der Waals surface area (Å²) in [5, 5.41) is 2.29.